The van der Waals surface area contributed by atoms with E-state index in [-0.39, 0.29) is 11.9 Å². The van der Waals surface area contributed by atoms with Gasteiger partial charge in [0.15, 0.2) is 0 Å². The number of ether oxygens (including phenoxy) is 1. The number of hydrogen-bond donors (Lipinski definition) is 2. The van der Waals surface area contributed by atoms with Crippen LogP contribution < -0.4 is 11.1 Å². The summed E-state index contributed by atoms with van der Waals surface area (Å²) in [6.07, 6.45) is 3.16. The first-order valence-electron chi connectivity index (χ1n) is 7.32. The van der Waals surface area contributed by atoms with Gasteiger partial charge in [0.2, 0.25) is 5.91 Å². The molecule has 3 N–H and O–H groups in total. The van der Waals surface area contributed by atoms with Crippen LogP contribution in [0.15, 0.2) is 30.3 Å². The molecule has 0 radical (unpaired) electrons. The maximum Gasteiger partial charge on any atom is 0.220 e. The lowest BCUT2D eigenvalue weighted by atomic mass is 10.2. The number of hydrogen-bond acceptors (Lipinski definition) is 3. The first kappa shape index (κ1) is 16.7. The van der Waals surface area contributed by atoms with Crippen LogP contribution in [0, 0.1) is 0 Å². The summed E-state index contributed by atoms with van der Waals surface area (Å²) in [4.78, 5) is 11.4. The summed E-state index contributed by atoms with van der Waals surface area (Å²) < 4.78 is 5.58. The largest absolute Gasteiger partial charge is 0.377 e. The zero-order chi connectivity index (χ0) is 14.6. The van der Waals surface area contributed by atoms with Gasteiger partial charge in [0.25, 0.3) is 0 Å². The van der Waals surface area contributed by atoms with Gasteiger partial charge < -0.3 is 15.8 Å². The Kier molecular flexibility index (Phi) is 8.67. The van der Waals surface area contributed by atoms with Gasteiger partial charge in [0.1, 0.15) is 0 Å². The molecule has 0 aromatic heterocycles. The number of amides is 1. The Morgan fingerprint density at radius 2 is 2.05 bits per heavy atom. The molecular formula is C16H26N2O2. The smallest absolute Gasteiger partial charge is 0.220 e. The molecule has 1 aromatic carbocycles. The van der Waals surface area contributed by atoms with Gasteiger partial charge >= 0.3 is 0 Å². The number of nitrogens with two attached hydrogens (primary N) is 1. The van der Waals surface area contributed by atoms with E-state index in [0.717, 1.165) is 25.9 Å². The molecule has 1 unspecified atom stereocenters. The zero-order valence-corrected chi connectivity index (χ0v) is 12.3. The quantitative estimate of drug-likeness (QED) is 0.645. The molecule has 0 spiro atoms. The normalized spacial score (nSPS) is 12.1. The van der Waals surface area contributed by atoms with Gasteiger partial charge in [-0.3, -0.25) is 4.79 Å². The number of benzene rings is 1. The Balaban J connectivity index is 1.91. The van der Waals surface area contributed by atoms with Crippen LogP contribution in [0.4, 0.5) is 0 Å². The van der Waals surface area contributed by atoms with Crippen molar-refractivity contribution in [3.63, 3.8) is 0 Å². The van der Waals surface area contributed by atoms with Gasteiger partial charge in [-0.25, -0.2) is 0 Å². The predicted octanol–water partition coefficient (Wildman–Crippen LogP) is 2.23. The molecule has 4 heteroatoms. The van der Waals surface area contributed by atoms with Crippen LogP contribution in [0.2, 0.25) is 0 Å². The fraction of sp³-hybridized carbons (Fsp3) is 0.562. The van der Waals surface area contributed by atoms with Gasteiger partial charge in [-0.2, -0.15) is 0 Å². The SMILES string of the molecule is CC(N)CCC(=O)NCCCCOCc1ccccc1. The van der Waals surface area contributed by atoms with E-state index >= 15 is 0 Å². The van der Waals surface area contributed by atoms with Gasteiger partial charge in [-0.1, -0.05) is 30.3 Å². The number of carbonyl (C=O) groups is 1. The highest BCUT2D eigenvalue weighted by Crippen LogP contribution is 2.01. The van der Waals surface area contributed by atoms with Gasteiger partial charge in [-0.05, 0) is 31.7 Å². The van der Waals surface area contributed by atoms with E-state index in [1.165, 1.54) is 5.56 Å². The molecule has 1 amide bonds. The molecule has 0 heterocycles. The van der Waals surface area contributed by atoms with Gasteiger partial charge in [-0.15, -0.1) is 0 Å². The molecule has 0 aliphatic carbocycles. The minimum absolute atomic E-state index is 0.0899. The summed E-state index contributed by atoms with van der Waals surface area (Å²) in [5.74, 6) is 0.0903. The van der Waals surface area contributed by atoms with E-state index in [1.54, 1.807) is 0 Å². The second-order valence-electron chi connectivity index (χ2n) is 5.11. The lowest BCUT2D eigenvalue weighted by Crippen LogP contribution is -2.26. The maximum absolute atomic E-state index is 11.4. The van der Waals surface area contributed by atoms with Crippen molar-refractivity contribution < 1.29 is 9.53 Å². The van der Waals surface area contributed by atoms with E-state index in [1.807, 2.05) is 25.1 Å². The van der Waals surface area contributed by atoms with Crippen molar-refractivity contribution in [2.24, 2.45) is 5.73 Å². The van der Waals surface area contributed by atoms with Crippen molar-refractivity contribution in [2.75, 3.05) is 13.2 Å². The van der Waals surface area contributed by atoms with Gasteiger partial charge in [0, 0.05) is 25.6 Å². The molecule has 0 saturated heterocycles. The average molecular weight is 278 g/mol. The van der Waals surface area contributed by atoms with Crippen LogP contribution in [0.3, 0.4) is 0 Å². The molecule has 20 heavy (non-hydrogen) atoms. The summed E-state index contributed by atoms with van der Waals surface area (Å²) in [6.45, 7) is 4.01. The molecule has 0 aliphatic rings. The van der Waals surface area contributed by atoms with Crippen molar-refractivity contribution in [2.45, 2.75) is 45.3 Å². The number of rotatable bonds is 10. The van der Waals surface area contributed by atoms with Gasteiger partial charge in [0.05, 0.1) is 6.61 Å². The molecule has 1 aromatic rings. The van der Waals surface area contributed by atoms with Crippen LogP contribution in [0.1, 0.15) is 38.2 Å². The molecular weight excluding hydrogens is 252 g/mol. The Labute approximate surface area is 121 Å². The third-order valence-corrected chi connectivity index (χ3v) is 2.98. The summed E-state index contributed by atoms with van der Waals surface area (Å²) >= 11 is 0. The van der Waals surface area contributed by atoms with E-state index in [2.05, 4.69) is 17.4 Å². The molecule has 1 atom stereocenters. The Morgan fingerprint density at radius 1 is 1.30 bits per heavy atom. The van der Waals surface area contributed by atoms with Crippen molar-refractivity contribution in [3.05, 3.63) is 35.9 Å². The van der Waals surface area contributed by atoms with Crippen LogP contribution in [0.5, 0.6) is 0 Å². The summed E-state index contributed by atoms with van der Waals surface area (Å²) in [6, 6.07) is 10.2. The summed E-state index contributed by atoms with van der Waals surface area (Å²) in [5.41, 5.74) is 6.79. The van der Waals surface area contributed by atoms with Crippen molar-refractivity contribution in [1.29, 1.82) is 0 Å². The van der Waals surface area contributed by atoms with E-state index in [9.17, 15) is 4.79 Å². The van der Waals surface area contributed by atoms with Crippen LogP contribution in [0.25, 0.3) is 0 Å². The predicted molar refractivity (Wildman–Crippen MR) is 81.2 cm³/mol. The second kappa shape index (κ2) is 10.4. The third-order valence-electron chi connectivity index (χ3n) is 2.98. The number of carbonyl (C=O) groups excluding carboxylic acids is 1. The third kappa shape index (κ3) is 8.67. The standard InChI is InChI=1S/C16H26N2O2/c1-14(17)9-10-16(19)18-11-5-6-12-20-13-15-7-3-2-4-8-15/h2-4,7-8,14H,5-6,9-13,17H2,1H3,(H,18,19). The monoisotopic (exact) mass is 278 g/mol. The molecule has 1 rings (SSSR count). The van der Waals surface area contributed by atoms with Crippen LogP contribution >= 0.6 is 0 Å². The fourth-order valence-corrected chi connectivity index (χ4v) is 1.77. The second-order valence-corrected chi connectivity index (χ2v) is 5.11. The first-order chi connectivity index (χ1) is 9.68. The maximum atomic E-state index is 11.4. The number of nitrogens with one attached hydrogen (secondary N) is 1. The van der Waals surface area contributed by atoms with Crippen LogP contribution in [-0.2, 0) is 16.1 Å². The van der Waals surface area contributed by atoms with E-state index in [0.29, 0.717) is 19.6 Å². The lowest BCUT2D eigenvalue weighted by molar-refractivity contribution is -0.121. The van der Waals surface area contributed by atoms with Crippen molar-refractivity contribution in [3.8, 4) is 0 Å². The van der Waals surface area contributed by atoms with E-state index in [4.69, 9.17) is 10.5 Å². The minimum atomic E-state index is 0.0899. The van der Waals surface area contributed by atoms with E-state index < -0.39 is 0 Å². The molecule has 0 bridgehead atoms. The summed E-state index contributed by atoms with van der Waals surface area (Å²) in [7, 11) is 0. The molecule has 112 valence electrons. The van der Waals surface area contributed by atoms with Crippen molar-refractivity contribution >= 4 is 5.91 Å². The number of unbranched alkanes of at least 4 members (excludes halogenated alkanes) is 1. The molecule has 4 nitrogen and oxygen atoms in total. The minimum Gasteiger partial charge on any atom is -0.377 e. The molecule has 0 saturated carbocycles. The highest BCUT2D eigenvalue weighted by atomic mass is 16.5. The van der Waals surface area contributed by atoms with Crippen LogP contribution in [-0.4, -0.2) is 25.1 Å². The highest BCUT2D eigenvalue weighted by molar-refractivity contribution is 5.75. The highest BCUT2D eigenvalue weighted by Gasteiger charge is 2.02. The molecule has 0 fully saturated rings. The summed E-state index contributed by atoms with van der Waals surface area (Å²) in [5, 5.41) is 2.90. The Hall–Kier alpha value is -1.39. The topological polar surface area (TPSA) is 64.4 Å². The zero-order valence-electron chi connectivity index (χ0n) is 12.3. The molecule has 0 aliphatic heterocycles. The Bertz CT molecular complexity index is 366. The Morgan fingerprint density at radius 3 is 2.75 bits per heavy atom. The lowest BCUT2D eigenvalue weighted by Gasteiger charge is -2.07. The average Bonchev–Trinajstić information content (AvgIpc) is 2.45. The fourth-order valence-electron chi connectivity index (χ4n) is 1.77. The van der Waals surface area contributed by atoms with Crippen molar-refractivity contribution in [1.82, 2.24) is 5.32 Å². The first-order valence-corrected chi connectivity index (χ1v) is 7.32.